The number of carbonyl (C=O) groups excluding carboxylic acids is 1. The first-order valence-electron chi connectivity index (χ1n) is 10.1. The molecule has 1 aromatic heterocycles. The Morgan fingerprint density at radius 3 is 2.26 bits per heavy atom. The fraction of sp³-hybridized carbons (Fsp3) is 0.115. The van der Waals surface area contributed by atoms with Crippen LogP contribution in [0.3, 0.4) is 0 Å². The van der Waals surface area contributed by atoms with E-state index in [1.165, 1.54) is 4.88 Å². The van der Waals surface area contributed by atoms with E-state index in [9.17, 15) is 4.79 Å². The molecule has 0 aliphatic carbocycles. The number of hydrogen-bond donors (Lipinski definition) is 2. The van der Waals surface area contributed by atoms with E-state index in [4.69, 9.17) is 11.6 Å². The van der Waals surface area contributed by atoms with Crippen LogP contribution in [0, 0.1) is 13.8 Å². The normalized spacial score (nSPS) is 11.7. The fourth-order valence-electron chi connectivity index (χ4n) is 3.56. The third-order valence-corrected chi connectivity index (χ3v) is 6.63. The number of carbonyl (C=O) groups is 1. The van der Waals surface area contributed by atoms with Crippen molar-refractivity contribution >= 4 is 39.5 Å². The molecule has 0 bridgehead atoms. The van der Waals surface area contributed by atoms with E-state index in [2.05, 4.69) is 36.6 Å². The van der Waals surface area contributed by atoms with Gasteiger partial charge in [0.2, 0.25) is 0 Å². The van der Waals surface area contributed by atoms with E-state index in [1.807, 2.05) is 72.8 Å². The maximum atomic E-state index is 12.9. The SMILES string of the molecule is Cc1sc(NC(=O)c2ccccc2)c([C@@H](Nc2cccc(Cl)c2)c2ccccc2)c1C. The number of hydrogen-bond acceptors (Lipinski definition) is 3. The van der Waals surface area contributed by atoms with Gasteiger partial charge in [-0.2, -0.15) is 0 Å². The summed E-state index contributed by atoms with van der Waals surface area (Å²) in [6.45, 7) is 4.19. The molecule has 0 spiro atoms. The third kappa shape index (κ3) is 4.82. The molecule has 1 heterocycles. The van der Waals surface area contributed by atoms with Crippen molar-refractivity contribution in [2.75, 3.05) is 10.6 Å². The van der Waals surface area contributed by atoms with E-state index in [1.54, 1.807) is 11.3 Å². The van der Waals surface area contributed by atoms with Crippen molar-refractivity contribution < 1.29 is 4.79 Å². The van der Waals surface area contributed by atoms with Gasteiger partial charge < -0.3 is 10.6 Å². The lowest BCUT2D eigenvalue weighted by Gasteiger charge is -2.23. The second-order valence-corrected chi connectivity index (χ2v) is 9.01. The topological polar surface area (TPSA) is 41.1 Å². The monoisotopic (exact) mass is 446 g/mol. The highest BCUT2D eigenvalue weighted by atomic mass is 35.5. The van der Waals surface area contributed by atoms with E-state index >= 15 is 0 Å². The maximum absolute atomic E-state index is 12.9. The van der Waals surface area contributed by atoms with E-state index in [-0.39, 0.29) is 11.9 Å². The summed E-state index contributed by atoms with van der Waals surface area (Å²) in [6.07, 6.45) is 0. The van der Waals surface area contributed by atoms with Crippen LogP contribution in [-0.2, 0) is 0 Å². The van der Waals surface area contributed by atoms with Crippen molar-refractivity contribution in [3.8, 4) is 0 Å². The van der Waals surface area contributed by atoms with Crippen LogP contribution in [0.2, 0.25) is 5.02 Å². The van der Waals surface area contributed by atoms with Crippen LogP contribution < -0.4 is 10.6 Å². The van der Waals surface area contributed by atoms with Gasteiger partial charge in [-0.05, 0) is 55.3 Å². The Bertz CT molecular complexity index is 1190. The molecule has 3 aromatic carbocycles. The average Bonchev–Trinajstić information content (AvgIpc) is 3.06. The number of aryl methyl sites for hydroxylation is 1. The molecule has 4 aromatic rings. The first-order chi connectivity index (χ1) is 15.0. The molecule has 0 radical (unpaired) electrons. The molecule has 156 valence electrons. The Labute approximate surface area is 191 Å². The zero-order valence-electron chi connectivity index (χ0n) is 17.4. The molecular weight excluding hydrogens is 424 g/mol. The largest absolute Gasteiger partial charge is 0.374 e. The summed E-state index contributed by atoms with van der Waals surface area (Å²) in [5.74, 6) is -0.113. The molecule has 0 fully saturated rings. The Hall–Kier alpha value is -3.08. The van der Waals surface area contributed by atoms with Crippen LogP contribution in [0.25, 0.3) is 0 Å². The van der Waals surface area contributed by atoms with Crippen LogP contribution in [0.4, 0.5) is 10.7 Å². The molecule has 0 aliphatic heterocycles. The molecule has 1 atom stereocenters. The Morgan fingerprint density at radius 1 is 0.903 bits per heavy atom. The smallest absolute Gasteiger partial charge is 0.256 e. The maximum Gasteiger partial charge on any atom is 0.256 e. The van der Waals surface area contributed by atoms with Gasteiger partial charge in [0.05, 0.1) is 6.04 Å². The molecule has 5 heteroatoms. The van der Waals surface area contributed by atoms with Gasteiger partial charge in [-0.3, -0.25) is 4.79 Å². The van der Waals surface area contributed by atoms with E-state index in [0.29, 0.717) is 10.6 Å². The second-order valence-electron chi connectivity index (χ2n) is 7.34. The number of thiophene rings is 1. The van der Waals surface area contributed by atoms with Crippen LogP contribution >= 0.6 is 22.9 Å². The highest BCUT2D eigenvalue weighted by Crippen LogP contribution is 2.41. The summed E-state index contributed by atoms with van der Waals surface area (Å²) >= 11 is 7.83. The summed E-state index contributed by atoms with van der Waals surface area (Å²) in [7, 11) is 0. The molecule has 3 nitrogen and oxygen atoms in total. The number of anilines is 2. The molecule has 31 heavy (non-hydrogen) atoms. The molecule has 4 rings (SSSR count). The number of nitrogens with one attached hydrogen (secondary N) is 2. The van der Waals surface area contributed by atoms with E-state index < -0.39 is 0 Å². The number of rotatable bonds is 6. The lowest BCUT2D eigenvalue weighted by Crippen LogP contribution is -2.17. The fourth-order valence-corrected chi connectivity index (χ4v) is 4.85. The van der Waals surface area contributed by atoms with Crippen LogP contribution in [-0.4, -0.2) is 5.91 Å². The zero-order chi connectivity index (χ0) is 21.8. The van der Waals surface area contributed by atoms with Crippen molar-refractivity contribution in [3.63, 3.8) is 0 Å². The minimum atomic E-state index is -0.143. The quantitative estimate of drug-likeness (QED) is 0.322. The summed E-state index contributed by atoms with van der Waals surface area (Å²) in [6, 6.07) is 27.1. The first-order valence-corrected chi connectivity index (χ1v) is 11.3. The van der Waals surface area contributed by atoms with Crippen molar-refractivity contribution in [1.29, 1.82) is 0 Å². The molecule has 1 amide bonds. The molecule has 0 aliphatic rings. The Kier molecular flexibility index (Phi) is 6.40. The van der Waals surface area contributed by atoms with Crippen LogP contribution in [0.5, 0.6) is 0 Å². The minimum Gasteiger partial charge on any atom is -0.374 e. The van der Waals surface area contributed by atoms with Crippen molar-refractivity contribution in [3.05, 3.63) is 117 Å². The van der Waals surface area contributed by atoms with Crippen LogP contribution in [0.15, 0.2) is 84.9 Å². The summed E-state index contributed by atoms with van der Waals surface area (Å²) in [4.78, 5) is 14.1. The Balaban J connectivity index is 1.76. The zero-order valence-corrected chi connectivity index (χ0v) is 18.9. The second kappa shape index (κ2) is 9.38. The number of halogens is 1. The van der Waals surface area contributed by atoms with Gasteiger partial charge >= 0.3 is 0 Å². The van der Waals surface area contributed by atoms with Gasteiger partial charge in [0.1, 0.15) is 5.00 Å². The predicted octanol–water partition coefficient (Wildman–Crippen LogP) is 7.47. The number of amides is 1. The third-order valence-electron chi connectivity index (χ3n) is 5.25. The first kappa shape index (κ1) is 21.2. The van der Waals surface area contributed by atoms with Gasteiger partial charge in [-0.15, -0.1) is 11.3 Å². The average molecular weight is 447 g/mol. The van der Waals surface area contributed by atoms with Gasteiger partial charge in [-0.1, -0.05) is 66.2 Å². The standard InChI is InChI=1S/C26H23ClN2OS/c1-17-18(2)31-26(29-25(30)20-12-7-4-8-13-20)23(17)24(19-10-5-3-6-11-19)28-22-15-9-14-21(27)16-22/h3-16,24,28H,1-2H3,(H,29,30)/t24-/m0/s1. The Morgan fingerprint density at radius 2 is 1.58 bits per heavy atom. The van der Waals surface area contributed by atoms with Gasteiger partial charge in [0.15, 0.2) is 0 Å². The summed E-state index contributed by atoms with van der Waals surface area (Å²) in [5, 5.41) is 8.31. The lowest BCUT2D eigenvalue weighted by molar-refractivity contribution is 0.102. The molecule has 0 unspecified atom stereocenters. The molecule has 2 N–H and O–H groups in total. The molecule has 0 saturated carbocycles. The highest BCUT2D eigenvalue weighted by Gasteiger charge is 2.25. The summed E-state index contributed by atoms with van der Waals surface area (Å²) in [5.41, 5.74) is 4.90. The summed E-state index contributed by atoms with van der Waals surface area (Å²) < 4.78 is 0. The van der Waals surface area contributed by atoms with Gasteiger partial charge in [0.25, 0.3) is 5.91 Å². The van der Waals surface area contributed by atoms with Crippen molar-refractivity contribution in [2.45, 2.75) is 19.9 Å². The molecular formula is C26H23ClN2OS. The minimum absolute atomic E-state index is 0.113. The molecule has 0 saturated heterocycles. The lowest BCUT2D eigenvalue weighted by atomic mass is 9.96. The van der Waals surface area contributed by atoms with E-state index in [0.717, 1.165) is 27.4 Å². The van der Waals surface area contributed by atoms with Gasteiger partial charge in [0, 0.05) is 26.7 Å². The van der Waals surface area contributed by atoms with Gasteiger partial charge in [-0.25, -0.2) is 0 Å². The predicted molar refractivity (Wildman–Crippen MR) is 132 cm³/mol. The number of benzene rings is 3. The van der Waals surface area contributed by atoms with Crippen molar-refractivity contribution in [2.24, 2.45) is 0 Å². The van der Waals surface area contributed by atoms with Crippen molar-refractivity contribution in [1.82, 2.24) is 0 Å². The highest BCUT2D eigenvalue weighted by molar-refractivity contribution is 7.16. The van der Waals surface area contributed by atoms with Crippen LogP contribution in [0.1, 0.15) is 38.0 Å².